The molecular formula is C19H23ClN2O4S. The number of benzene rings is 1. The Morgan fingerprint density at radius 3 is 2.56 bits per heavy atom. The van der Waals surface area contributed by atoms with Gasteiger partial charge in [-0.25, -0.2) is 8.42 Å². The van der Waals surface area contributed by atoms with E-state index >= 15 is 0 Å². The third kappa shape index (κ3) is 4.91. The van der Waals surface area contributed by atoms with Crippen LogP contribution in [0, 0.1) is 0 Å². The summed E-state index contributed by atoms with van der Waals surface area (Å²) in [4.78, 5) is 12.6. The number of sulfonamides is 1. The van der Waals surface area contributed by atoms with Crippen molar-refractivity contribution in [3.8, 4) is 0 Å². The number of hydrogen-bond donors (Lipinski definition) is 1. The van der Waals surface area contributed by atoms with Gasteiger partial charge in [-0.05, 0) is 43.2 Å². The van der Waals surface area contributed by atoms with Gasteiger partial charge in [-0.15, -0.1) is 0 Å². The van der Waals surface area contributed by atoms with Crippen LogP contribution in [0.1, 0.15) is 41.8 Å². The molecule has 1 aromatic carbocycles. The molecule has 0 aliphatic carbocycles. The van der Waals surface area contributed by atoms with Crippen LogP contribution >= 0.6 is 11.6 Å². The first-order valence-corrected chi connectivity index (χ1v) is 10.9. The number of hydrogen-bond acceptors (Lipinski definition) is 4. The molecular weight excluding hydrogens is 388 g/mol. The van der Waals surface area contributed by atoms with E-state index in [1.54, 1.807) is 12.3 Å². The highest BCUT2D eigenvalue weighted by Gasteiger charge is 2.26. The van der Waals surface area contributed by atoms with Crippen LogP contribution in [-0.2, 0) is 16.4 Å². The highest BCUT2D eigenvalue weighted by atomic mass is 35.5. The molecule has 0 saturated carbocycles. The molecule has 1 aliphatic heterocycles. The van der Waals surface area contributed by atoms with E-state index in [9.17, 15) is 13.2 Å². The number of furan rings is 1. The summed E-state index contributed by atoms with van der Waals surface area (Å²) in [5, 5.41) is 2.98. The van der Waals surface area contributed by atoms with E-state index in [1.807, 2.05) is 6.07 Å². The predicted octanol–water partition coefficient (Wildman–Crippen LogP) is 3.47. The zero-order chi connectivity index (χ0) is 19.3. The third-order valence-corrected chi connectivity index (χ3v) is 6.85. The lowest BCUT2D eigenvalue weighted by Gasteiger charge is -2.20. The van der Waals surface area contributed by atoms with E-state index in [-0.39, 0.29) is 15.5 Å². The molecule has 146 valence electrons. The Kier molecular flexibility index (Phi) is 6.57. The van der Waals surface area contributed by atoms with Gasteiger partial charge >= 0.3 is 0 Å². The first kappa shape index (κ1) is 19.9. The highest BCUT2D eigenvalue weighted by molar-refractivity contribution is 7.89. The molecule has 1 N–H and O–H groups in total. The summed E-state index contributed by atoms with van der Waals surface area (Å²) in [5.74, 6) is 0.360. The molecule has 2 heterocycles. The van der Waals surface area contributed by atoms with E-state index in [1.165, 1.54) is 22.5 Å². The Bertz CT molecular complexity index is 873. The number of halogens is 1. The van der Waals surface area contributed by atoms with Gasteiger partial charge in [0.15, 0.2) is 0 Å². The number of rotatable bonds is 6. The first-order chi connectivity index (χ1) is 13.0. The minimum atomic E-state index is -3.63. The SMILES string of the molecule is O=C(NCCc1ccco1)c1cc(S(=O)(=O)N2CCCCCC2)ccc1Cl. The summed E-state index contributed by atoms with van der Waals surface area (Å²) < 4.78 is 32.6. The second kappa shape index (κ2) is 8.91. The maximum absolute atomic E-state index is 12.9. The normalized spacial score (nSPS) is 16.0. The molecule has 1 saturated heterocycles. The first-order valence-electron chi connectivity index (χ1n) is 9.09. The average molecular weight is 411 g/mol. The molecule has 0 unspecified atom stereocenters. The standard InChI is InChI=1S/C19H23ClN2O4S/c20-18-8-7-16(27(24,25)22-11-3-1-2-4-12-22)14-17(18)19(23)21-10-9-15-6-5-13-26-15/h5-8,13-14H,1-4,9-12H2,(H,21,23). The Morgan fingerprint density at radius 1 is 1.15 bits per heavy atom. The van der Waals surface area contributed by atoms with E-state index < -0.39 is 15.9 Å². The van der Waals surface area contributed by atoms with Crippen molar-refractivity contribution in [2.24, 2.45) is 0 Å². The Hall–Kier alpha value is -1.83. The van der Waals surface area contributed by atoms with Crippen molar-refractivity contribution < 1.29 is 17.6 Å². The largest absolute Gasteiger partial charge is 0.469 e. The fourth-order valence-electron chi connectivity index (χ4n) is 3.12. The monoisotopic (exact) mass is 410 g/mol. The molecule has 27 heavy (non-hydrogen) atoms. The zero-order valence-electron chi connectivity index (χ0n) is 15.0. The van der Waals surface area contributed by atoms with E-state index in [0.29, 0.717) is 26.1 Å². The van der Waals surface area contributed by atoms with Crippen molar-refractivity contribution >= 4 is 27.5 Å². The van der Waals surface area contributed by atoms with Crippen LogP contribution in [0.15, 0.2) is 45.9 Å². The maximum atomic E-state index is 12.9. The van der Waals surface area contributed by atoms with Gasteiger partial charge in [0.25, 0.3) is 5.91 Å². The molecule has 8 heteroatoms. The van der Waals surface area contributed by atoms with E-state index in [4.69, 9.17) is 16.0 Å². The Morgan fingerprint density at radius 2 is 1.89 bits per heavy atom. The topological polar surface area (TPSA) is 79.6 Å². The van der Waals surface area contributed by atoms with Crippen molar-refractivity contribution in [1.82, 2.24) is 9.62 Å². The molecule has 0 spiro atoms. The molecule has 0 bridgehead atoms. The van der Waals surface area contributed by atoms with Crippen LogP contribution in [0.25, 0.3) is 0 Å². The van der Waals surface area contributed by atoms with Crippen LogP contribution in [0.2, 0.25) is 5.02 Å². The molecule has 1 aliphatic rings. The lowest BCUT2D eigenvalue weighted by atomic mass is 10.2. The summed E-state index contributed by atoms with van der Waals surface area (Å²) >= 11 is 6.14. The Balaban J connectivity index is 1.73. The fourth-order valence-corrected chi connectivity index (χ4v) is 4.87. The van der Waals surface area contributed by atoms with Crippen molar-refractivity contribution in [3.63, 3.8) is 0 Å². The van der Waals surface area contributed by atoms with Crippen molar-refractivity contribution in [3.05, 3.63) is 52.9 Å². The molecule has 6 nitrogen and oxygen atoms in total. The lowest BCUT2D eigenvalue weighted by molar-refractivity contribution is 0.0953. The highest BCUT2D eigenvalue weighted by Crippen LogP contribution is 2.25. The molecule has 1 aromatic heterocycles. The van der Waals surface area contributed by atoms with Gasteiger partial charge < -0.3 is 9.73 Å². The number of amides is 1. The van der Waals surface area contributed by atoms with E-state index in [2.05, 4.69) is 5.32 Å². The third-order valence-electron chi connectivity index (χ3n) is 4.62. The predicted molar refractivity (Wildman–Crippen MR) is 103 cm³/mol. The summed E-state index contributed by atoms with van der Waals surface area (Å²) in [6.45, 7) is 1.39. The second-order valence-electron chi connectivity index (χ2n) is 6.55. The van der Waals surface area contributed by atoms with Gasteiger partial charge in [0.1, 0.15) is 5.76 Å². The van der Waals surface area contributed by atoms with Gasteiger partial charge in [0.2, 0.25) is 10.0 Å². The van der Waals surface area contributed by atoms with Crippen LogP contribution in [0.5, 0.6) is 0 Å². The minimum absolute atomic E-state index is 0.102. The quantitative estimate of drug-likeness (QED) is 0.790. The summed E-state index contributed by atoms with van der Waals surface area (Å²) in [6, 6.07) is 7.90. The van der Waals surface area contributed by atoms with Gasteiger partial charge in [0, 0.05) is 26.1 Å². The van der Waals surface area contributed by atoms with Crippen molar-refractivity contribution in [2.45, 2.75) is 37.0 Å². The summed E-state index contributed by atoms with van der Waals surface area (Å²) in [6.07, 6.45) is 5.90. The van der Waals surface area contributed by atoms with Crippen LogP contribution in [0.3, 0.4) is 0 Å². The smallest absolute Gasteiger partial charge is 0.252 e. The lowest BCUT2D eigenvalue weighted by Crippen LogP contribution is -2.32. The van der Waals surface area contributed by atoms with Crippen LogP contribution in [-0.4, -0.2) is 38.3 Å². The molecule has 1 fully saturated rings. The van der Waals surface area contributed by atoms with Gasteiger partial charge in [-0.2, -0.15) is 4.31 Å². The Labute approximate surface area is 164 Å². The van der Waals surface area contributed by atoms with Crippen LogP contribution < -0.4 is 5.32 Å². The van der Waals surface area contributed by atoms with Crippen molar-refractivity contribution in [2.75, 3.05) is 19.6 Å². The van der Waals surface area contributed by atoms with Crippen LogP contribution in [0.4, 0.5) is 0 Å². The zero-order valence-corrected chi connectivity index (χ0v) is 16.6. The summed E-state index contributed by atoms with van der Waals surface area (Å²) in [5.41, 5.74) is 0.159. The van der Waals surface area contributed by atoms with Gasteiger partial charge in [0.05, 0.1) is 21.7 Å². The van der Waals surface area contributed by atoms with Crippen molar-refractivity contribution in [1.29, 1.82) is 0 Å². The second-order valence-corrected chi connectivity index (χ2v) is 8.89. The molecule has 0 atom stereocenters. The minimum Gasteiger partial charge on any atom is -0.469 e. The number of nitrogens with one attached hydrogen (secondary N) is 1. The van der Waals surface area contributed by atoms with Gasteiger partial charge in [-0.3, -0.25) is 4.79 Å². The number of nitrogens with zero attached hydrogens (tertiary/aromatic N) is 1. The summed E-state index contributed by atoms with van der Waals surface area (Å²) in [7, 11) is -3.63. The fraction of sp³-hybridized carbons (Fsp3) is 0.421. The van der Waals surface area contributed by atoms with Gasteiger partial charge in [-0.1, -0.05) is 24.4 Å². The average Bonchev–Trinajstić information content (AvgIpc) is 3.00. The molecule has 1 amide bonds. The maximum Gasteiger partial charge on any atom is 0.252 e. The molecule has 0 radical (unpaired) electrons. The molecule has 3 rings (SSSR count). The number of carbonyl (C=O) groups is 1. The molecule has 2 aromatic rings. The number of carbonyl (C=O) groups excluding carboxylic acids is 1. The van der Waals surface area contributed by atoms with E-state index in [0.717, 1.165) is 31.4 Å².